The number of carbonyl (C=O) groups is 1. The summed E-state index contributed by atoms with van der Waals surface area (Å²) in [5.74, 6) is 0.678. The first-order chi connectivity index (χ1) is 11.0. The number of aryl methyl sites for hydroxylation is 1. The quantitative estimate of drug-likeness (QED) is 0.880. The van der Waals surface area contributed by atoms with E-state index in [0.29, 0.717) is 6.54 Å². The molecular weight excluding hydrogens is 288 g/mol. The summed E-state index contributed by atoms with van der Waals surface area (Å²) >= 11 is 0. The third-order valence-electron chi connectivity index (χ3n) is 3.72. The molecular formula is C19H24N2O2. The molecule has 2 aromatic carbocycles. The number of anilines is 2. The number of rotatable bonds is 6. The number of carbonyl (C=O) groups excluding carboxylic acids is 1. The van der Waals surface area contributed by atoms with Crippen LogP contribution in [0.15, 0.2) is 48.5 Å². The SMILES string of the molecule is COc1cccc(NC(=O)CN(c2ccccc2C)C(C)C)c1. The van der Waals surface area contributed by atoms with Gasteiger partial charge in [-0.15, -0.1) is 0 Å². The second kappa shape index (κ2) is 7.68. The van der Waals surface area contributed by atoms with Crippen LogP contribution in [0, 0.1) is 6.92 Å². The molecule has 0 aromatic heterocycles. The van der Waals surface area contributed by atoms with E-state index < -0.39 is 0 Å². The molecule has 0 spiro atoms. The predicted octanol–water partition coefficient (Wildman–Crippen LogP) is 3.86. The number of hydrogen-bond acceptors (Lipinski definition) is 3. The lowest BCUT2D eigenvalue weighted by Crippen LogP contribution is -2.38. The van der Waals surface area contributed by atoms with Gasteiger partial charge >= 0.3 is 0 Å². The Morgan fingerprint density at radius 1 is 1.17 bits per heavy atom. The number of benzene rings is 2. The second-order valence-corrected chi connectivity index (χ2v) is 5.79. The molecule has 1 N–H and O–H groups in total. The molecule has 0 bridgehead atoms. The summed E-state index contributed by atoms with van der Waals surface area (Å²) in [7, 11) is 1.61. The number of methoxy groups -OCH3 is 1. The van der Waals surface area contributed by atoms with E-state index >= 15 is 0 Å². The third kappa shape index (κ3) is 4.49. The zero-order valence-electron chi connectivity index (χ0n) is 14.2. The van der Waals surface area contributed by atoms with Gasteiger partial charge < -0.3 is 15.0 Å². The van der Waals surface area contributed by atoms with Crippen LogP contribution in [-0.4, -0.2) is 25.6 Å². The minimum atomic E-state index is -0.0461. The molecule has 4 heteroatoms. The van der Waals surface area contributed by atoms with Crippen LogP contribution in [0.5, 0.6) is 5.75 Å². The molecule has 2 aromatic rings. The first-order valence-corrected chi connectivity index (χ1v) is 7.77. The van der Waals surface area contributed by atoms with Crippen molar-refractivity contribution >= 4 is 17.3 Å². The van der Waals surface area contributed by atoms with E-state index in [2.05, 4.69) is 37.1 Å². The molecule has 0 fully saturated rings. The standard InChI is InChI=1S/C19H24N2O2/c1-14(2)21(18-11-6-5-8-15(18)3)13-19(22)20-16-9-7-10-17(12-16)23-4/h5-12,14H,13H2,1-4H3,(H,20,22). The minimum Gasteiger partial charge on any atom is -0.497 e. The van der Waals surface area contributed by atoms with Crippen molar-refractivity contribution < 1.29 is 9.53 Å². The molecule has 0 aliphatic rings. The summed E-state index contributed by atoms with van der Waals surface area (Å²) < 4.78 is 5.18. The third-order valence-corrected chi connectivity index (χ3v) is 3.72. The maximum absolute atomic E-state index is 12.4. The highest BCUT2D eigenvalue weighted by Crippen LogP contribution is 2.22. The molecule has 4 nitrogen and oxygen atoms in total. The molecule has 23 heavy (non-hydrogen) atoms. The van der Waals surface area contributed by atoms with Gasteiger partial charge in [-0.3, -0.25) is 4.79 Å². The Bertz CT molecular complexity index is 668. The number of nitrogens with one attached hydrogen (secondary N) is 1. The highest BCUT2D eigenvalue weighted by molar-refractivity contribution is 5.94. The van der Waals surface area contributed by atoms with Gasteiger partial charge in [0.1, 0.15) is 5.75 Å². The van der Waals surface area contributed by atoms with E-state index in [4.69, 9.17) is 4.74 Å². The van der Waals surface area contributed by atoms with E-state index in [1.165, 1.54) is 0 Å². The fourth-order valence-corrected chi connectivity index (χ4v) is 2.49. The lowest BCUT2D eigenvalue weighted by atomic mass is 10.1. The first kappa shape index (κ1) is 16.9. The molecule has 122 valence electrons. The van der Waals surface area contributed by atoms with Crippen LogP contribution in [-0.2, 0) is 4.79 Å². The lowest BCUT2D eigenvalue weighted by molar-refractivity contribution is -0.115. The van der Waals surface area contributed by atoms with Gasteiger partial charge in [0.05, 0.1) is 13.7 Å². The van der Waals surface area contributed by atoms with Crippen molar-refractivity contribution in [3.8, 4) is 5.75 Å². The maximum atomic E-state index is 12.4. The molecule has 0 aliphatic carbocycles. The second-order valence-electron chi connectivity index (χ2n) is 5.79. The predicted molar refractivity (Wildman–Crippen MR) is 95.3 cm³/mol. The Balaban J connectivity index is 2.11. The monoisotopic (exact) mass is 312 g/mol. The minimum absolute atomic E-state index is 0.0461. The summed E-state index contributed by atoms with van der Waals surface area (Å²) in [4.78, 5) is 14.5. The van der Waals surface area contributed by atoms with Crippen LogP contribution >= 0.6 is 0 Å². The molecule has 1 amide bonds. The summed E-state index contributed by atoms with van der Waals surface area (Å²) in [5.41, 5.74) is 2.99. The Morgan fingerprint density at radius 2 is 1.91 bits per heavy atom. The van der Waals surface area contributed by atoms with Crippen LogP contribution in [0.3, 0.4) is 0 Å². The number of hydrogen-bond donors (Lipinski definition) is 1. The molecule has 0 atom stereocenters. The van der Waals surface area contributed by atoms with Crippen molar-refractivity contribution in [3.63, 3.8) is 0 Å². The number of amides is 1. The van der Waals surface area contributed by atoms with E-state index in [9.17, 15) is 4.79 Å². The van der Waals surface area contributed by atoms with Crippen molar-refractivity contribution in [3.05, 3.63) is 54.1 Å². The van der Waals surface area contributed by atoms with Gasteiger partial charge in [0, 0.05) is 23.5 Å². The van der Waals surface area contributed by atoms with Gasteiger partial charge in [-0.25, -0.2) is 0 Å². The summed E-state index contributed by atoms with van der Waals surface area (Å²) in [6.07, 6.45) is 0. The molecule has 0 saturated heterocycles. The van der Waals surface area contributed by atoms with Gasteiger partial charge in [0.2, 0.25) is 5.91 Å². The largest absolute Gasteiger partial charge is 0.497 e. The summed E-state index contributed by atoms with van der Waals surface area (Å²) in [6, 6.07) is 15.7. The number of para-hydroxylation sites is 1. The molecule has 0 radical (unpaired) electrons. The van der Waals surface area contributed by atoms with Crippen LogP contribution in [0.4, 0.5) is 11.4 Å². The van der Waals surface area contributed by atoms with E-state index in [1.807, 2.05) is 42.5 Å². The molecule has 0 heterocycles. The highest BCUT2D eigenvalue weighted by atomic mass is 16.5. The van der Waals surface area contributed by atoms with Gasteiger partial charge in [-0.1, -0.05) is 24.3 Å². The fourth-order valence-electron chi connectivity index (χ4n) is 2.49. The Morgan fingerprint density at radius 3 is 2.57 bits per heavy atom. The van der Waals surface area contributed by atoms with Gasteiger partial charge in [-0.2, -0.15) is 0 Å². The molecule has 0 unspecified atom stereocenters. The van der Waals surface area contributed by atoms with Crippen LogP contribution < -0.4 is 15.0 Å². The van der Waals surface area contributed by atoms with Gasteiger partial charge in [0.15, 0.2) is 0 Å². The highest BCUT2D eigenvalue weighted by Gasteiger charge is 2.16. The van der Waals surface area contributed by atoms with Crippen molar-refractivity contribution in [2.24, 2.45) is 0 Å². The Hall–Kier alpha value is -2.49. The van der Waals surface area contributed by atoms with Gasteiger partial charge in [-0.05, 0) is 44.5 Å². The van der Waals surface area contributed by atoms with Crippen molar-refractivity contribution in [2.45, 2.75) is 26.8 Å². The maximum Gasteiger partial charge on any atom is 0.243 e. The smallest absolute Gasteiger partial charge is 0.243 e. The van der Waals surface area contributed by atoms with Gasteiger partial charge in [0.25, 0.3) is 0 Å². The normalized spacial score (nSPS) is 10.5. The van der Waals surface area contributed by atoms with Crippen LogP contribution in [0.25, 0.3) is 0 Å². The van der Waals surface area contributed by atoms with E-state index in [0.717, 1.165) is 22.7 Å². The zero-order chi connectivity index (χ0) is 16.8. The van der Waals surface area contributed by atoms with Crippen molar-refractivity contribution in [1.82, 2.24) is 0 Å². The summed E-state index contributed by atoms with van der Waals surface area (Å²) in [5, 5.41) is 2.93. The average molecular weight is 312 g/mol. The van der Waals surface area contributed by atoms with Crippen LogP contribution in [0.1, 0.15) is 19.4 Å². The topological polar surface area (TPSA) is 41.6 Å². The molecule has 0 aliphatic heterocycles. The molecule has 0 saturated carbocycles. The van der Waals surface area contributed by atoms with Crippen molar-refractivity contribution in [1.29, 1.82) is 0 Å². The summed E-state index contributed by atoms with van der Waals surface area (Å²) in [6.45, 7) is 6.54. The van der Waals surface area contributed by atoms with Crippen LogP contribution in [0.2, 0.25) is 0 Å². The van der Waals surface area contributed by atoms with E-state index in [1.54, 1.807) is 7.11 Å². The Kier molecular flexibility index (Phi) is 5.63. The number of nitrogens with zero attached hydrogens (tertiary/aromatic N) is 1. The zero-order valence-corrected chi connectivity index (χ0v) is 14.2. The average Bonchev–Trinajstić information content (AvgIpc) is 2.53. The van der Waals surface area contributed by atoms with Crippen molar-refractivity contribution in [2.75, 3.05) is 23.9 Å². The lowest BCUT2D eigenvalue weighted by Gasteiger charge is -2.29. The molecule has 2 rings (SSSR count). The Labute approximate surface area is 138 Å². The fraction of sp³-hybridized carbons (Fsp3) is 0.316. The number of ether oxygens (including phenoxy) is 1. The first-order valence-electron chi connectivity index (χ1n) is 7.77. The van der Waals surface area contributed by atoms with E-state index in [-0.39, 0.29) is 11.9 Å².